The van der Waals surface area contributed by atoms with Crippen LogP contribution in [0.5, 0.6) is 0 Å². The molecule has 0 fully saturated rings. The summed E-state index contributed by atoms with van der Waals surface area (Å²) in [5, 5.41) is 20.6. The number of nitriles is 1. The molecule has 0 atom stereocenters. The molecule has 3 heterocycles. The van der Waals surface area contributed by atoms with Crippen molar-refractivity contribution in [2.75, 3.05) is 5.32 Å². The summed E-state index contributed by atoms with van der Waals surface area (Å²) in [5.41, 5.74) is 5.82. The molecule has 1 amide bonds. The van der Waals surface area contributed by atoms with E-state index in [0.717, 1.165) is 22.5 Å². The van der Waals surface area contributed by atoms with Crippen molar-refractivity contribution in [2.45, 2.75) is 53.4 Å². The van der Waals surface area contributed by atoms with Crippen molar-refractivity contribution >= 4 is 17.2 Å². The number of rotatable bonds is 6. The van der Waals surface area contributed by atoms with Crippen molar-refractivity contribution in [1.29, 1.82) is 5.26 Å². The standard InChI is InChI=1S/C24H25N7O2/c1-13(2)22-29-24(33-30-22)19-8-6-7-14(3)21(19)28-20(32)10-9-18-15(4)27-23-17(11-25)12-26-31(23)16(18)5/h6-8,12-13H,9-10H2,1-5H3,(H,28,32). The normalized spacial score (nSPS) is 11.2. The highest BCUT2D eigenvalue weighted by Gasteiger charge is 2.19. The average molecular weight is 444 g/mol. The number of para-hydroxylation sites is 1. The molecular weight excluding hydrogens is 418 g/mol. The monoisotopic (exact) mass is 443 g/mol. The Balaban J connectivity index is 1.55. The van der Waals surface area contributed by atoms with Crippen LogP contribution in [0.3, 0.4) is 0 Å². The fourth-order valence-electron chi connectivity index (χ4n) is 3.78. The summed E-state index contributed by atoms with van der Waals surface area (Å²) in [4.78, 5) is 21.9. The third kappa shape index (κ3) is 4.20. The molecule has 3 aromatic heterocycles. The Labute approximate surface area is 191 Å². The summed E-state index contributed by atoms with van der Waals surface area (Å²) < 4.78 is 7.10. The Morgan fingerprint density at radius 1 is 1.24 bits per heavy atom. The van der Waals surface area contributed by atoms with E-state index in [-0.39, 0.29) is 18.2 Å². The molecule has 0 saturated heterocycles. The van der Waals surface area contributed by atoms with Crippen molar-refractivity contribution in [3.05, 3.63) is 58.3 Å². The van der Waals surface area contributed by atoms with Crippen molar-refractivity contribution in [1.82, 2.24) is 24.7 Å². The highest BCUT2D eigenvalue weighted by molar-refractivity contribution is 5.95. The number of anilines is 1. The van der Waals surface area contributed by atoms with Crippen LogP contribution in [0.15, 0.2) is 28.9 Å². The second-order valence-electron chi connectivity index (χ2n) is 8.32. The maximum absolute atomic E-state index is 12.9. The van der Waals surface area contributed by atoms with Crippen LogP contribution in [-0.2, 0) is 11.2 Å². The van der Waals surface area contributed by atoms with Crippen LogP contribution >= 0.6 is 0 Å². The first-order valence-corrected chi connectivity index (χ1v) is 10.8. The first kappa shape index (κ1) is 22.1. The van der Waals surface area contributed by atoms with E-state index in [4.69, 9.17) is 4.52 Å². The van der Waals surface area contributed by atoms with E-state index < -0.39 is 0 Å². The Morgan fingerprint density at radius 3 is 2.73 bits per heavy atom. The van der Waals surface area contributed by atoms with Gasteiger partial charge in [-0.2, -0.15) is 15.3 Å². The summed E-state index contributed by atoms with van der Waals surface area (Å²) in [6, 6.07) is 7.79. The van der Waals surface area contributed by atoms with E-state index in [9.17, 15) is 10.1 Å². The highest BCUT2D eigenvalue weighted by atomic mass is 16.5. The smallest absolute Gasteiger partial charge is 0.260 e. The number of nitrogens with one attached hydrogen (secondary N) is 1. The SMILES string of the molecule is Cc1cccc(-c2nc(C(C)C)no2)c1NC(=O)CCc1c(C)nc2c(C#N)cnn2c1C. The third-order valence-corrected chi connectivity index (χ3v) is 5.66. The molecule has 0 bridgehead atoms. The number of carbonyl (C=O) groups is 1. The van der Waals surface area contributed by atoms with Gasteiger partial charge in [-0.25, -0.2) is 9.50 Å². The van der Waals surface area contributed by atoms with Gasteiger partial charge in [-0.3, -0.25) is 4.79 Å². The van der Waals surface area contributed by atoms with Gasteiger partial charge in [0.15, 0.2) is 11.5 Å². The number of carbonyl (C=O) groups excluding carboxylic acids is 1. The lowest BCUT2D eigenvalue weighted by atomic mass is 10.0. The van der Waals surface area contributed by atoms with E-state index in [1.54, 1.807) is 4.52 Å². The molecule has 0 spiro atoms. The number of hydrogen-bond acceptors (Lipinski definition) is 7. The molecule has 9 nitrogen and oxygen atoms in total. The van der Waals surface area contributed by atoms with Crippen molar-refractivity contribution in [2.24, 2.45) is 0 Å². The van der Waals surface area contributed by atoms with Crippen molar-refractivity contribution in [3.63, 3.8) is 0 Å². The molecule has 4 aromatic rings. The second-order valence-corrected chi connectivity index (χ2v) is 8.32. The van der Waals surface area contributed by atoms with Gasteiger partial charge in [0.25, 0.3) is 5.89 Å². The second kappa shape index (κ2) is 8.82. The van der Waals surface area contributed by atoms with Crippen LogP contribution < -0.4 is 5.32 Å². The molecule has 0 aliphatic rings. The zero-order chi connectivity index (χ0) is 23.7. The first-order valence-electron chi connectivity index (χ1n) is 10.8. The predicted octanol–water partition coefficient (Wildman–Crippen LogP) is 4.27. The molecular formula is C24H25N7O2. The summed E-state index contributed by atoms with van der Waals surface area (Å²) >= 11 is 0. The first-order chi connectivity index (χ1) is 15.8. The zero-order valence-corrected chi connectivity index (χ0v) is 19.3. The van der Waals surface area contributed by atoms with Gasteiger partial charge in [-0.1, -0.05) is 31.1 Å². The van der Waals surface area contributed by atoms with Gasteiger partial charge in [-0.05, 0) is 44.4 Å². The fourth-order valence-corrected chi connectivity index (χ4v) is 3.78. The molecule has 0 unspecified atom stereocenters. The van der Waals surface area contributed by atoms with Crippen LogP contribution in [0.25, 0.3) is 17.1 Å². The summed E-state index contributed by atoms with van der Waals surface area (Å²) in [6.07, 6.45) is 2.26. The lowest BCUT2D eigenvalue weighted by Crippen LogP contribution is -2.15. The quantitative estimate of drug-likeness (QED) is 0.472. The number of aromatic nitrogens is 5. The van der Waals surface area contributed by atoms with Gasteiger partial charge < -0.3 is 9.84 Å². The maximum Gasteiger partial charge on any atom is 0.260 e. The third-order valence-electron chi connectivity index (χ3n) is 5.66. The molecule has 0 aliphatic heterocycles. The van der Waals surface area contributed by atoms with E-state index in [2.05, 4.69) is 31.6 Å². The zero-order valence-electron chi connectivity index (χ0n) is 19.3. The lowest BCUT2D eigenvalue weighted by molar-refractivity contribution is -0.116. The molecule has 0 saturated carbocycles. The minimum absolute atomic E-state index is 0.133. The minimum atomic E-state index is -0.133. The molecule has 4 rings (SSSR count). The highest BCUT2D eigenvalue weighted by Crippen LogP contribution is 2.31. The number of amides is 1. The van der Waals surface area contributed by atoms with Gasteiger partial charge in [0, 0.05) is 23.7 Å². The van der Waals surface area contributed by atoms with Crippen LogP contribution in [-0.4, -0.2) is 30.6 Å². The Kier molecular flexibility index (Phi) is 5.92. The number of benzene rings is 1. The number of nitrogens with zero attached hydrogens (tertiary/aromatic N) is 6. The van der Waals surface area contributed by atoms with Crippen LogP contribution in [0.1, 0.15) is 60.1 Å². The fraction of sp³-hybridized carbons (Fsp3) is 0.333. The van der Waals surface area contributed by atoms with Crippen LogP contribution in [0.2, 0.25) is 0 Å². The Morgan fingerprint density at radius 2 is 2.03 bits per heavy atom. The topological polar surface area (TPSA) is 122 Å². The van der Waals surface area contributed by atoms with Crippen LogP contribution in [0, 0.1) is 32.1 Å². The number of aryl methyl sites for hydroxylation is 3. The Bertz CT molecular complexity index is 1390. The van der Waals surface area contributed by atoms with E-state index in [0.29, 0.717) is 40.6 Å². The summed E-state index contributed by atoms with van der Waals surface area (Å²) in [5.74, 6) is 1.01. The Hall–Kier alpha value is -4.06. The summed E-state index contributed by atoms with van der Waals surface area (Å²) in [6.45, 7) is 9.72. The van der Waals surface area contributed by atoms with Crippen molar-refractivity contribution < 1.29 is 9.32 Å². The van der Waals surface area contributed by atoms with Crippen molar-refractivity contribution in [3.8, 4) is 17.5 Å². The molecule has 1 aromatic carbocycles. The molecule has 0 radical (unpaired) electrons. The van der Waals surface area contributed by atoms with Gasteiger partial charge in [-0.15, -0.1) is 0 Å². The minimum Gasteiger partial charge on any atom is -0.334 e. The van der Waals surface area contributed by atoms with E-state index in [1.807, 2.05) is 52.8 Å². The molecule has 1 N–H and O–H groups in total. The van der Waals surface area contributed by atoms with E-state index in [1.165, 1.54) is 6.20 Å². The molecule has 33 heavy (non-hydrogen) atoms. The van der Waals surface area contributed by atoms with Gasteiger partial charge >= 0.3 is 0 Å². The average Bonchev–Trinajstić information content (AvgIpc) is 3.42. The number of hydrogen-bond donors (Lipinski definition) is 1. The van der Waals surface area contributed by atoms with Crippen LogP contribution in [0.4, 0.5) is 5.69 Å². The van der Waals surface area contributed by atoms with E-state index >= 15 is 0 Å². The lowest BCUT2D eigenvalue weighted by Gasteiger charge is -2.13. The number of fused-ring (bicyclic) bond motifs is 1. The largest absolute Gasteiger partial charge is 0.334 e. The van der Waals surface area contributed by atoms with Gasteiger partial charge in [0.1, 0.15) is 11.6 Å². The predicted molar refractivity (Wildman–Crippen MR) is 123 cm³/mol. The maximum atomic E-state index is 12.9. The molecule has 0 aliphatic carbocycles. The molecule has 9 heteroatoms. The van der Waals surface area contributed by atoms with Gasteiger partial charge in [0.05, 0.1) is 17.4 Å². The summed E-state index contributed by atoms with van der Waals surface area (Å²) in [7, 11) is 0. The van der Waals surface area contributed by atoms with Gasteiger partial charge in [0.2, 0.25) is 5.91 Å². The molecule has 168 valence electrons.